The van der Waals surface area contributed by atoms with Crippen molar-refractivity contribution in [3.8, 4) is 0 Å². The van der Waals surface area contributed by atoms with Crippen LogP contribution in [0.4, 0.5) is 0 Å². The van der Waals surface area contributed by atoms with Crippen molar-refractivity contribution in [1.29, 1.82) is 0 Å². The Morgan fingerprint density at radius 2 is 1.50 bits per heavy atom. The molecule has 0 aromatic carbocycles. The summed E-state index contributed by atoms with van der Waals surface area (Å²) in [6.45, 7) is 0. The van der Waals surface area contributed by atoms with Crippen LogP contribution in [0, 0.1) is 0 Å². The van der Waals surface area contributed by atoms with E-state index in [1.165, 1.54) is 0 Å². The largest absolute Gasteiger partial charge is 0.339 e. The number of hydrogen-bond donors (Lipinski definition) is 0. The molecule has 46 valence electrons. The zero-order valence-electron chi connectivity index (χ0n) is 3.44. The summed E-state index contributed by atoms with van der Waals surface area (Å²) < 4.78 is 36.4. The number of hydrogen-bond acceptors (Lipinski definition) is 5. The van der Waals surface area contributed by atoms with Crippen LogP contribution in [-0.2, 0) is 22.3 Å². The van der Waals surface area contributed by atoms with E-state index in [2.05, 4.69) is 8.62 Å². The molecule has 0 atom stereocenters. The Morgan fingerprint density at radius 1 is 1.12 bits per heavy atom. The van der Waals surface area contributed by atoms with Crippen molar-refractivity contribution < 1.29 is 22.3 Å². The van der Waals surface area contributed by atoms with Crippen molar-refractivity contribution >= 4 is 25.6 Å². The van der Waals surface area contributed by atoms with Crippen LogP contribution in [0.3, 0.4) is 0 Å². The molecule has 0 radical (unpaired) electrons. The molecule has 0 aliphatic rings. The van der Waals surface area contributed by atoms with Gasteiger partial charge in [-0.05, 0) is 0 Å². The lowest BCUT2D eigenvalue weighted by atomic mass is 15.8. The van der Waals surface area contributed by atoms with E-state index >= 15 is 0 Å². The maximum absolute atomic E-state index is 9.97. The van der Waals surface area contributed by atoms with Gasteiger partial charge >= 0.3 is 25.6 Å². The quantitative estimate of drug-likeness (QED) is 0.607. The van der Waals surface area contributed by atoms with Gasteiger partial charge in [0.15, 0.2) is 0 Å². The smallest absolute Gasteiger partial charge is 0.262 e. The normalized spacial score (nSPS) is 14.5. The van der Waals surface area contributed by atoms with Crippen LogP contribution in [0.5, 0.6) is 0 Å². The molecule has 0 saturated carbocycles. The van der Waals surface area contributed by atoms with Gasteiger partial charge in [-0.1, -0.05) is 0 Å². The Bertz CT molecular complexity index is 94.2. The van der Waals surface area contributed by atoms with E-state index in [-0.39, 0.29) is 0 Å². The van der Waals surface area contributed by atoms with Crippen LogP contribution >= 0.6 is 25.6 Å². The molecule has 0 fully saturated rings. The fourth-order valence-corrected chi connectivity index (χ4v) is 0.998. The molecular weight excluding hydrogens is 173 g/mol. The van der Waals surface area contributed by atoms with Gasteiger partial charge < -0.3 is 0 Å². The first-order valence-electron chi connectivity index (χ1n) is 1.34. The first-order chi connectivity index (χ1) is 3.81. The van der Waals surface area contributed by atoms with E-state index in [0.717, 1.165) is 0 Å². The average molecular weight is 174 g/mol. The summed E-state index contributed by atoms with van der Waals surface area (Å²) in [4.78, 5) is 0. The molecule has 0 aliphatic carbocycles. The van der Waals surface area contributed by atoms with E-state index in [4.69, 9.17) is 0 Å². The minimum Gasteiger partial charge on any atom is -0.262 e. The average Bonchev–Trinajstić information content (AvgIpc) is 1.68. The molecule has 8 heteroatoms. The topological polar surface area (TPSA) is 69.7 Å². The highest BCUT2D eigenvalue weighted by Gasteiger charge is 1.95. The Labute approximate surface area is 48.9 Å². The molecule has 8 heavy (non-hydrogen) atoms. The van der Waals surface area contributed by atoms with E-state index < -0.39 is 25.6 Å². The summed E-state index contributed by atoms with van der Waals surface area (Å²) in [5.41, 5.74) is 0. The van der Waals surface area contributed by atoms with Gasteiger partial charge in [-0.15, -0.1) is 0 Å². The van der Waals surface area contributed by atoms with Crippen molar-refractivity contribution in [2.75, 3.05) is 0 Å². The van der Waals surface area contributed by atoms with Crippen LogP contribution in [0.25, 0.3) is 0 Å². The van der Waals surface area contributed by atoms with E-state index in [1.54, 1.807) is 0 Å². The predicted octanol–water partition coefficient (Wildman–Crippen LogP) is 1.82. The van der Waals surface area contributed by atoms with Crippen LogP contribution in [0.15, 0.2) is 0 Å². The first kappa shape index (κ1) is 8.35. The minimum atomic E-state index is -2.79. The van der Waals surface area contributed by atoms with E-state index in [9.17, 15) is 13.7 Å². The highest BCUT2D eigenvalue weighted by atomic mass is 31.2. The standard InChI is InChI=1S/HO5P3/c1-6-4-8(3)5-7-2/h8H. The van der Waals surface area contributed by atoms with Crippen LogP contribution in [-0.4, -0.2) is 0 Å². The lowest BCUT2D eigenvalue weighted by Gasteiger charge is -1.83. The van der Waals surface area contributed by atoms with Crippen LogP contribution in [0.2, 0.25) is 0 Å². The maximum Gasteiger partial charge on any atom is 0.339 e. The molecule has 0 aliphatic heterocycles. The summed E-state index contributed by atoms with van der Waals surface area (Å²) in [5.74, 6) is 0. The van der Waals surface area contributed by atoms with Gasteiger partial charge in [0.2, 0.25) is 0 Å². The molecule has 5 nitrogen and oxygen atoms in total. The van der Waals surface area contributed by atoms with Gasteiger partial charge in [0.1, 0.15) is 0 Å². The minimum absolute atomic E-state index is 0.737. The van der Waals surface area contributed by atoms with Gasteiger partial charge in [0.05, 0.1) is 0 Å². The van der Waals surface area contributed by atoms with Crippen LogP contribution < -0.4 is 0 Å². The van der Waals surface area contributed by atoms with E-state index in [1.807, 2.05) is 0 Å². The van der Waals surface area contributed by atoms with Crippen molar-refractivity contribution in [2.24, 2.45) is 0 Å². The highest BCUT2D eigenvalue weighted by Crippen LogP contribution is 2.32. The molecule has 0 rings (SSSR count). The Hall–Kier alpha value is 0.350. The van der Waals surface area contributed by atoms with Crippen molar-refractivity contribution in [3.63, 3.8) is 0 Å². The Morgan fingerprint density at radius 3 is 1.75 bits per heavy atom. The molecular formula is HO5P3. The summed E-state index contributed by atoms with van der Waals surface area (Å²) in [6, 6.07) is 0. The monoisotopic (exact) mass is 174 g/mol. The molecule has 0 unspecified atom stereocenters. The third-order valence-electron chi connectivity index (χ3n) is 0.224. The molecule has 0 spiro atoms. The third kappa shape index (κ3) is 4.51. The molecule has 0 heterocycles. The lowest BCUT2D eigenvalue weighted by Crippen LogP contribution is -1.53. The first-order valence-corrected chi connectivity index (χ1v) is 4.03. The second-order valence-corrected chi connectivity index (χ2v) is 2.84. The molecule has 0 aromatic heterocycles. The zero-order valence-corrected chi connectivity index (χ0v) is 6.22. The second kappa shape index (κ2) is 5.49. The summed E-state index contributed by atoms with van der Waals surface area (Å²) in [5, 5.41) is 0. The number of rotatable bonds is 4. The van der Waals surface area contributed by atoms with Gasteiger partial charge in [-0.2, -0.15) is 0 Å². The molecule has 0 aromatic rings. The van der Waals surface area contributed by atoms with Crippen molar-refractivity contribution in [3.05, 3.63) is 0 Å². The fourth-order valence-electron chi connectivity index (χ4n) is 0.0775. The molecule has 0 saturated heterocycles. The lowest BCUT2D eigenvalue weighted by molar-refractivity contribution is 0.430. The predicted molar refractivity (Wildman–Crippen MR) is 26.4 cm³/mol. The fraction of sp³-hybridized carbons (Fsp3) is 0. The maximum atomic E-state index is 9.97. The SMILES string of the molecule is O=PO[PH](=O)OP=O. The summed E-state index contributed by atoms with van der Waals surface area (Å²) in [7, 11) is -4.26. The van der Waals surface area contributed by atoms with Gasteiger partial charge in [0.25, 0.3) is 0 Å². The zero-order chi connectivity index (χ0) is 6.41. The van der Waals surface area contributed by atoms with Crippen LogP contribution in [0.1, 0.15) is 0 Å². The van der Waals surface area contributed by atoms with Gasteiger partial charge in [0, 0.05) is 0 Å². The van der Waals surface area contributed by atoms with Gasteiger partial charge in [-0.3, -0.25) is 4.57 Å². The third-order valence-corrected chi connectivity index (χ3v) is 2.01. The van der Waals surface area contributed by atoms with Crippen molar-refractivity contribution in [2.45, 2.75) is 0 Å². The Balaban J connectivity index is 3.32. The molecule has 0 bridgehead atoms. The summed E-state index contributed by atoms with van der Waals surface area (Å²) in [6.07, 6.45) is 0. The second-order valence-electron chi connectivity index (χ2n) is 0.582. The molecule has 0 amide bonds. The highest BCUT2D eigenvalue weighted by molar-refractivity contribution is 7.47. The van der Waals surface area contributed by atoms with Gasteiger partial charge in [-0.25, -0.2) is 17.8 Å². The Kier molecular flexibility index (Phi) is 5.73. The van der Waals surface area contributed by atoms with E-state index in [0.29, 0.717) is 0 Å². The van der Waals surface area contributed by atoms with Crippen molar-refractivity contribution in [1.82, 2.24) is 0 Å². The summed E-state index contributed by atoms with van der Waals surface area (Å²) >= 11 is 0. The molecule has 0 N–H and O–H groups in total.